The molecule has 1 heterocycles. The predicted octanol–water partition coefficient (Wildman–Crippen LogP) is 5.62. The van der Waals surface area contributed by atoms with Crippen LogP contribution in [0.1, 0.15) is 49.1 Å². The molecule has 1 aromatic heterocycles. The highest BCUT2D eigenvalue weighted by Gasteiger charge is 2.16. The third-order valence-corrected chi connectivity index (χ3v) is 5.85. The first kappa shape index (κ1) is 16.6. The van der Waals surface area contributed by atoms with E-state index in [4.69, 9.17) is 0 Å². The van der Waals surface area contributed by atoms with Crippen molar-refractivity contribution in [2.24, 2.45) is 0 Å². The quantitative estimate of drug-likeness (QED) is 0.718. The van der Waals surface area contributed by atoms with E-state index in [1.54, 1.807) is 11.8 Å². The molecule has 1 nitrogen and oxygen atoms in total. The maximum absolute atomic E-state index is 3.62. The summed E-state index contributed by atoms with van der Waals surface area (Å²) in [4.78, 5) is 4.18. The minimum absolute atomic E-state index is 0.252. The van der Waals surface area contributed by atoms with E-state index in [0.717, 1.165) is 6.54 Å². The van der Waals surface area contributed by atoms with Gasteiger partial charge in [-0.1, -0.05) is 32.9 Å². The number of thioether (sulfide) groups is 1. The van der Waals surface area contributed by atoms with Crippen molar-refractivity contribution in [2.75, 3.05) is 6.26 Å². The highest BCUT2D eigenvalue weighted by Crippen LogP contribution is 2.29. The van der Waals surface area contributed by atoms with Crippen LogP contribution >= 0.6 is 23.1 Å². The number of hydrogen-bond acceptors (Lipinski definition) is 3. The van der Waals surface area contributed by atoms with Gasteiger partial charge in [-0.25, -0.2) is 0 Å². The number of thiophene rings is 1. The summed E-state index contributed by atoms with van der Waals surface area (Å²) >= 11 is 3.70. The van der Waals surface area contributed by atoms with Crippen molar-refractivity contribution in [2.45, 2.75) is 50.6 Å². The lowest BCUT2D eigenvalue weighted by atomic mass is 9.95. The average Bonchev–Trinajstić information content (AvgIpc) is 2.94. The first-order valence-corrected chi connectivity index (χ1v) is 9.41. The van der Waals surface area contributed by atoms with Crippen molar-refractivity contribution < 1.29 is 0 Å². The Kier molecular flexibility index (Phi) is 5.53. The molecule has 2 rings (SSSR count). The lowest BCUT2D eigenvalue weighted by Crippen LogP contribution is -2.17. The summed E-state index contributed by atoms with van der Waals surface area (Å²) in [6, 6.07) is 13.7. The third kappa shape index (κ3) is 4.60. The predicted molar refractivity (Wildman–Crippen MR) is 96.5 cm³/mol. The van der Waals surface area contributed by atoms with Crippen LogP contribution < -0.4 is 5.32 Å². The summed E-state index contributed by atoms with van der Waals surface area (Å²) < 4.78 is 0. The summed E-state index contributed by atoms with van der Waals surface area (Å²) in [5.74, 6) is 0. The molecule has 1 N–H and O–H groups in total. The molecule has 1 unspecified atom stereocenters. The SMILES string of the molecule is CSc1ccc(C(C)NCc2ccc(C(C)(C)C)s2)cc1. The zero-order chi connectivity index (χ0) is 15.5. The molecule has 0 aliphatic rings. The van der Waals surface area contributed by atoms with Crippen LogP contribution in [-0.4, -0.2) is 6.26 Å². The van der Waals surface area contributed by atoms with Crippen molar-refractivity contribution in [3.05, 3.63) is 51.7 Å². The highest BCUT2D eigenvalue weighted by atomic mass is 32.2. The molecule has 0 amide bonds. The van der Waals surface area contributed by atoms with Gasteiger partial charge in [-0.05, 0) is 48.4 Å². The molecule has 2 aromatic rings. The van der Waals surface area contributed by atoms with Crippen LogP contribution in [0.4, 0.5) is 0 Å². The number of nitrogens with one attached hydrogen (secondary N) is 1. The molecule has 3 heteroatoms. The molecule has 0 spiro atoms. The van der Waals surface area contributed by atoms with Crippen molar-refractivity contribution >= 4 is 23.1 Å². The molecule has 0 fully saturated rings. The summed E-state index contributed by atoms with van der Waals surface area (Å²) in [6.07, 6.45) is 2.11. The molecule has 0 bridgehead atoms. The Balaban J connectivity index is 1.94. The van der Waals surface area contributed by atoms with Crippen molar-refractivity contribution in [1.82, 2.24) is 5.32 Å². The number of rotatable bonds is 5. The van der Waals surface area contributed by atoms with Crippen molar-refractivity contribution in [3.63, 3.8) is 0 Å². The summed E-state index contributed by atoms with van der Waals surface area (Å²) in [5, 5.41) is 3.62. The Morgan fingerprint density at radius 1 is 1.10 bits per heavy atom. The fourth-order valence-electron chi connectivity index (χ4n) is 2.14. The van der Waals surface area contributed by atoms with E-state index in [1.807, 2.05) is 11.3 Å². The topological polar surface area (TPSA) is 12.0 Å². The molecular formula is C18H25NS2. The standard InChI is InChI=1S/C18H25NS2/c1-13(14-6-8-15(20-5)9-7-14)19-12-16-10-11-17(21-16)18(2,3)4/h6-11,13,19H,12H2,1-5H3. The van der Waals surface area contributed by atoms with Crippen molar-refractivity contribution in [3.8, 4) is 0 Å². The fourth-order valence-corrected chi connectivity index (χ4v) is 3.56. The monoisotopic (exact) mass is 319 g/mol. The number of hydrogen-bond donors (Lipinski definition) is 1. The first-order chi connectivity index (χ1) is 9.90. The molecule has 0 saturated carbocycles. The van der Waals surface area contributed by atoms with E-state index >= 15 is 0 Å². The molecule has 1 atom stereocenters. The molecular weight excluding hydrogens is 294 g/mol. The summed E-state index contributed by atoms with van der Waals surface area (Å²) in [5.41, 5.74) is 1.60. The van der Waals surface area contributed by atoms with Gasteiger partial charge < -0.3 is 5.32 Å². The van der Waals surface area contributed by atoms with Gasteiger partial charge in [-0.3, -0.25) is 0 Å². The van der Waals surface area contributed by atoms with Gasteiger partial charge >= 0.3 is 0 Å². The van der Waals surface area contributed by atoms with Crippen LogP contribution in [0.25, 0.3) is 0 Å². The van der Waals surface area contributed by atoms with E-state index < -0.39 is 0 Å². The molecule has 114 valence electrons. The van der Waals surface area contributed by atoms with Crippen LogP contribution in [0.3, 0.4) is 0 Å². The van der Waals surface area contributed by atoms with Gasteiger partial charge in [0, 0.05) is 27.2 Å². The largest absolute Gasteiger partial charge is 0.305 e. The average molecular weight is 320 g/mol. The lowest BCUT2D eigenvalue weighted by Gasteiger charge is -2.16. The van der Waals surface area contributed by atoms with Gasteiger partial charge in [0.15, 0.2) is 0 Å². The fraction of sp³-hybridized carbons (Fsp3) is 0.444. The highest BCUT2D eigenvalue weighted by molar-refractivity contribution is 7.98. The maximum atomic E-state index is 3.62. The lowest BCUT2D eigenvalue weighted by molar-refractivity contribution is 0.578. The van der Waals surface area contributed by atoms with Gasteiger partial charge in [-0.2, -0.15) is 0 Å². The minimum Gasteiger partial charge on any atom is -0.305 e. The Morgan fingerprint density at radius 2 is 1.76 bits per heavy atom. The van der Waals surface area contributed by atoms with E-state index in [0.29, 0.717) is 6.04 Å². The first-order valence-electron chi connectivity index (χ1n) is 7.36. The number of benzene rings is 1. The third-order valence-electron chi connectivity index (χ3n) is 3.60. The Labute approximate surface area is 137 Å². The second-order valence-electron chi connectivity index (χ2n) is 6.39. The smallest absolute Gasteiger partial charge is 0.0305 e. The van der Waals surface area contributed by atoms with Crippen LogP contribution in [0.15, 0.2) is 41.3 Å². The van der Waals surface area contributed by atoms with E-state index in [9.17, 15) is 0 Å². The molecule has 0 aliphatic carbocycles. The normalized spacial score (nSPS) is 13.4. The molecule has 21 heavy (non-hydrogen) atoms. The van der Waals surface area contributed by atoms with Crippen LogP contribution in [0.5, 0.6) is 0 Å². The summed E-state index contributed by atoms with van der Waals surface area (Å²) in [7, 11) is 0. The second kappa shape index (κ2) is 6.99. The maximum Gasteiger partial charge on any atom is 0.0305 e. The Bertz CT molecular complexity index is 564. The van der Waals surface area contributed by atoms with Crippen LogP contribution in [-0.2, 0) is 12.0 Å². The summed E-state index contributed by atoms with van der Waals surface area (Å²) in [6.45, 7) is 9.97. The zero-order valence-corrected chi connectivity index (χ0v) is 15.2. The van der Waals surface area contributed by atoms with E-state index in [-0.39, 0.29) is 5.41 Å². The van der Waals surface area contributed by atoms with Gasteiger partial charge in [0.25, 0.3) is 0 Å². The molecule has 0 radical (unpaired) electrons. The second-order valence-corrected chi connectivity index (χ2v) is 8.44. The molecule has 0 aliphatic heterocycles. The van der Waals surface area contributed by atoms with Gasteiger partial charge in [0.05, 0.1) is 0 Å². The van der Waals surface area contributed by atoms with Crippen molar-refractivity contribution in [1.29, 1.82) is 0 Å². The molecule has 0 saturated heterocycles. The van der Waals surface area contributed by atoms with Gasteiger partial charge in [0.1, 0.15) is 0 Å². The Morgan fingerprint density at radius 3 is 2.29 bits per heavy atom. The molecule has 1 aromatic carbocycles. The minimum atomic E-state index is 0.252. The Hall–Kier alpha value is -0.770. The van der Waals surface area contributed by atoms with Gasteiger partial charge in [-0.15, -0.1) is 23.1 Å². The van der Waals surface area contributed by atoms with Crippen LogP contribution in [0, 0.1) is 0 Å². The zero-order valence-electron chi connectivity index (χ0n) is 13.6. The van der Waals surface area contributed by atoms with Crippen LogP contribution in [0.2, 0.25) is 0 Å². The van der Waals surface area contributed by atoms with Gasteiger partial charge in [0.2, 0.25) is 0 Å². The van der Waals surface area contributed by atoms with E-state index in [1.165, 1.54) is 20.2 Å². The van der Waals surface area contributed by atoms with E-state index in [2.05, 4.69) is 75.7 Å².